The van der Waals surface area contributed by atoms with Crippen molar-refractivity contribution in [3.8, 4) is 11.1 Å². The monoisotopic (exact) mass is 362 g/mol. The zero-order valence-electron chi connectivity index (χ0n) is 16.1. The predicted molar refractivity (Wildman–Crippen MR) is 118 cm³/mol. The van der Waals surface area contributed by atoms with Crippen LogP contribution in [-0.2, 0) is 0 Å². The summed E-state index contributed by atoms with van der Waals surface area (Å²) in [6.45, 7) is 4.41. The minimum Gasteiger partial charge on any atom is -0.374 e. The highest BCUT2D eigenvalue weighted by molar-refractivity contribution is 6.06. The summed E-state index contributed by atoms with van der Waals surface area (Å²) in [5.74, 6) is 0. The summed E-state index contributed by atoms with van der Waals surface area (Å²) in [4.78, 5) is 4.78. The van der Waals surface area contributed by atoms with Gasteiger partial charge in [-0.1, -0.05) is 78.9 Å². The molecule has 0 aliphatic carbocycles. The topological polar surface area (TPSA) is 24.9 Å². The molecule has 2 heteroatoms. The number of nitrogens with one attached hydrogen (secondary N) is 1. The SMILES string of the molecule is CC1(C)C=C(c2ccccc2)c2ccc3c(-c4ccccc4)ccnc3c2N1. The molecule has 0 saturated heterocycles. The number of aromatic nitrogens is 1. The van der Waals surface area contributed by atoms with Crippen molar-refractivity contribution in [1.82, 2.24) is 4.98 Å². The van der Waals surface area contributed by atoms with Crippen LogP contribution in [0.1, 0.15) is 25.0 Å². The van der Waals surface area contributed by atoms with E-state index in [-0.39, 0.29) is 5.54 Å². The van der Waals surface area contributed by atoms with Crippen molar-refractivity contribution in [2.45, 2.75) is 19.4 Å². The maximum absolute atomic E-state index is 4.78. The number of anilines is 1. The summed E-state index contributed by atoms with van der Waals surface area (Å²) in [5, 5.41) is 4.89. The zero-order chi connectivity index (χ0) is 19.1. The van der Waals surface area contributed by atoms with Crippen LogP contribution in [0.4, 0.5) is 5.69 Å². The molecule has 1 N–H and O–H groups in total. The Morgan fingerprint density at radius 2 is 1.39 bits per heavy atom. The van der Waals surface area contributed by atoms with E-state index in [0.717, 1.165) is 11.2 Å². The number of hydrogen-bond acceptors (Lipinski definition) is 2. The molecule has 28 heavy (non-hydrogen) atoms. The molecule has 136 valence electrons. The molecule has 3 aromatic carbocycles. The predicted octanol–water partition coefficient (Wildman–Crippen LogP) is 6.54. The number of benzene rings is 3. The van der Waals surface area contributed by atoms with E-state index in [1.54, 1.807) is 0 Å². The molecule has 1 aromatic heterocycles. The lowest BCUT2D eigenvalue weighted by Crippen LogP contribution is -2.32. The quantitative estimate of drug-likeness (QED) is 0.438. The third-order valence-electron chi connectivity index (χ3n) is 5.33. The second kappa shape index (κ2) is 6.35. The molecule has 0 amide bonds. The molecule has 0 bridgehead atoms. The first-order chi connectivity index (χ1) is 13.6. The second-order valence-corrected chi connectivity index (χ2v) is 7.88. The van der Waals surface area contributed by atoms with Crippen molar-refractivity contribution >= 4 is 22.2 Å². The minimum atomic E-state index is -0.156. The van der Waals surface area contributed by atoms with Crippen molar-refractivity contribution in [3.05, 3.63) is 102 Å². The van der Waals surface area contributed by atoms with Gasteiger partial charge in [0.05, 0.1) is 16.7 Å². The van der Waals surface area contributed by atoms with Crippen LogP contribution in [0.25, 0.3) is 27.6 Å². The van der Waals surface area contributed by atoms with Gasteiger partial charge in [0.25, 0.3) is 0 Å². The molecule has 0 spiro atoms. The normalized spacial score (nSPS) is 14.9. The molecule has 5 rings (SSSR count). The van der Waals surface area contributed by atoms with Crippen LogP contribution in [0.2, 0.25) is 0 Å². The van der Waals surface area contributed by atoms with E-state index in [2.05, 4.69) is 104 Å². The average Bonchev–Trinajstić information content (AvgIpc) is 2.73. The third-order valence-corrected chi connectivity index (χ3v) is 5.33. The Kier molecular flexibility index (Phi) is 3.80. The van der Waals surface area contributed by atoms with E-state index in [9.17, 15) is 0 Å². The van der Waals surface area contributed by atoms with E-state index >= 15 is 0 Å². The van der Waals surface area contributed by atoms with Crippen molar-refractivity contribution < 1.29 is 0 Å². The van der Waals surface area contributed by atoms with Crippen LogP contribution in [0, 0.1) is 0 Å². The van der Waals surface area contributed by atoms with Crippen molar-refractivity contribution in [1.29, 1.82) is 0 Å². The summed E-state index contributed by atoms with van der Waals surface area (Å²) in [5.41, 5.74) is 8.10. The Labute approximate surface area is 165 Å². The molecule has 2 heterocycles. The van der Waals surface area contributed by atoms with Gasteiger partial charge in [-0.05, 0) is 42.2 Å². The highest BCUT2D eigenvalue weighted by Gasteiger charge is 2.27. The molecule has 0 fully saturated rings. The molecule has 1 aliphatic rings. The molecule has 1 aliphatic heterocycles. The third kappa shape index (κ3) is 2.78. The van der Waals surface area contributed by atoms with Gasteiger partial charge in [-0.2, -0.15) is 0 Å². The molecule has 0 saturated carbocycles. The maximum atomic E-state index is 4.78. The lowest BCUT2D eigenvalue weighted by Gasteiger charge is -2.33. The standard InChI is InChI=1S/C26H22N2/c1-26(2)17-23(19-11-7-4-8-12-19)22-14-13-21-20(18-9-5-3-6-10-18)15-16-27-24(21)25(22)28-26/h3-17,28H,1-2H3. The summed E-state index contributed by atoms with van der Waals surface area (Å²) >= 11 is 0. The second-order valence-electron chi connectivity index (χ2n) is 7.88. The van der Waals surface area contributed by atoms with Gasteiger partial charge < -0.3 is 5.32 Å². The van der Waals surface area contributed by atoms with Crippen LogP contribution < -0.4 is 5.32 Å². The highest BCUT2D eigenvalue weighted by atomic mass is 15.0. The van der Waals surface area contributed by atoms with E-state index in [1.807, 2.05) is 6.20 Å². The van der Waals surface area contributed by atoms with E-state index in [1.165, 1.54) is 33.2 Å². The molecule has 0 unspecified atom stereocenters. The smallest absolute Gasteiger partial charge is 0.0946 e. The number of fused-ring (bicyclic) bond motifs is 3. The average molecular weight is 362 g/mol. The van der Waals surface area contributed by atoms with Crippen LogP contribution in [0.5, 0.6) is 0 Å². The number of rotatable bonds is 2. The maximum Gasteiger partial charge on any atom is 0.0946 e. The van der Waals surface area contributed by atoms with E-state index in [0.29, 0.717) is 0 Å². The van der Waals surface area contributed by atoms with E-state index < -0.39 is 0 Å². The van der Waals surface area contributed by atoms with Gasteiger partial charge in [0.1, 0.15) is 0 Å². The van der Waals surface area contributed by atoms with Crippen molar-refractivity contribution in [3.63, 3.8) is 0 Å². The first-order valence-electron chi connectivity index (χ1n) is 9.66. The summed E-state index contributed by atoms with van der Waals surface area (Å²) in [7, 11) is 0. The van der Waals surface area contributed by atoms with Crippen LogP contribution >= 0.6 is 0 Å². The molecular formula is C26H22N2. The highest BCUT2D eigenvalue weighted by Crippen LogP contribution is 2.42. The zero-order valence-corrected chi connectivity index (χ0v) is 16.1. The van der Waals surface area contributed by atoms with Crippen molar-refractivity contribution in [2.75, 3.05) is 5.32 Å². The molecule has 2 nitrogen and oxygen atoms in total. The van der Waals surface area contributed by atoms with Gasteiger partial charge in [-0.3, -0.25) is 4.98 Å². The summed E-state index contributed by atoms with van der Waals surface area (Å²) in [6.07, 6.45) is 4.23. The molecule has 0 atom stereocenters. The number of nitrogens with zero attached hydrogens (tertiary/aromatic N) is 1. The van der Waals surface area contributed by atoms with Gasteiger partial charge in [-0.25, -0.2) is 0 Å². The molecule has 0 radical (unpaired) electrons. The Morgan fingerprint density at radius 1 is 0.714 bits per heavy atom. The van der Waals surface area contributed by atoms with Crippen LogP contribution in [0.15, 0.2) is 91.1 Å². The van der Waals surface area contributed by atoms with E-state index in [4.69, 9.17) is 4.98 Å². The number of hydrogen-bond donors (Lipinski definition) is 1. The Balaban J connectivity index is 1.77. The Bertz CT molecular complexity index is 1190. The summed E-state index contributed by atoms with van der Waals surface area (Å²) < 4.78 is 0. The summed E-state index contributed by atoms with van der Waals surface area (Å²) in [6, 6.07) is 27.7. The Morgan fingerprint density at radius 3 is 2.11 bits per heavy atom. The van der Waals surface area contributed by atoms with Gasteiger partial charge in [0, 0.05) is 17.1 Å². The lowest BCUT2D eigenvalue weighted by molar-refractivity contribution is 0.709. The largest absolute Gasteiger partial charge is 0.374 e. The van der Waals surface area contributed by atoms with Gasteiger partial charge in [-0.15, -0.1) is 0 Å². The fraction of sp³-hybridized carbons (Fsp3) is 0.115. The number of pyridine rings is 1. The van der Waals surface area contributed by atoms with Gasteiger partial charge in [0.15, 0.2) is 0 Å². The first kappa shape index (κ1) is 16.8. The molecule has 4 aromatic rings. The molecular weight excluding hydrogens is 340 g/mol. The lowest BCUT2D eigenvalue weighted by atomic mass is 9.85. The van der Waals surface area contributed by atoms with Crippen LogP contribution in [-0.4, -0.2) is 10.5 Å². The van der Waals surface area contributed by atoms with Crippen LogP contribution in [0.3, 0.4) is 0 Å². The fourth-order valence-corrected chi connectivity index (χ4v) is 4.09. The Hall–Kier alpha value is -3.39. The minimum absolute atomic E-state index is 0.156. The van der Waals surface area contributed by atoms with Gasteiger partial charge in [0.2, 0.25) is 0 Å². The first-order valence-corrected chi connectivity index (χ1v) is 9.66. The fourth-order valence-electron chi connectivity index (χ4n) is 4.09. The van der Waals surface area contributed by atoms with Gasteiger partial charge >= 0.3 is 0 Å². The van der Waals surface area contributed by atoms with Crippen molar-refractivity contribution in [2.24, 2.45) is 0 Å².